The Morgan fingerprint density at radius 3 is 2.64 bits per heavy atom. The zero-order chi connectivity index (χ0) is 17.6. The lowest BCUT2D eigenvalue weighted by atomic mass is 10.1. The number of hydrogen-bond acceptors (Lipinski definition) is 4. The molecule has 6 heteroatoms. The minimum atomic E-state index is -0.0261. The summed E-state index contributed by atoms with van der Waals surface area (Å²) < 4.78 is 6.67. The summed E-state index contributed by atoms with van der Waals surface area (Å²) in [5.41, 5.74) is 4.39. The number of benzene rings is 2. The highest BCUT2D eigenvalue weighted by Crippen LogP contribution is 2.19. The number of carbonyl (C=O) groups is 1. The van der Waals surface area contributed by atoms with Gasteiger partial charge in [0.1, 0.15) is 12.4 Å². The van der Waals surface area contributed by atoms with Gasteiger partial charge in [0.05, 0.1) is 11.2 Å². The van der Waals surface area contributed by atoms with Crippen molar-refractivity contribution in [1.29, 1.82) is 0 Å². The van der Waals surface area contributed by atoms with Crippen molar-refractivity contribution in [2.24, 2.45) is 0 Å². The lowest BCUT2D eigenvalue weighted by molar-refractivity contribution is 0.0785. The van der Waals surface area contributed by atoms with Crippen molar-refractivity contribution >= 4 is 33.2 Å². The fourth-order valence-electron chi connectivity index (χ4n) is 2.33. The van der Waals surface area contributed by atoms with Crippen LogP contribution in [0.4, 0.5) is 0 Å². The summed E-state index contributed by atoms with van der Waals surface area (Å²) >= 11 is 5.06. The SMILES string of the molecule is CN(Cc1ccccc1Br)C(=O)c1ccc(OCc2cscn2)cc1. The van der Waals surface area contributed by atoms with Crippen molar-refractivity contribution in [3.8, 4) is 5.75 Å². The van der Waals surface area contributed by atoms with Crippen LogP contribution >= 0.6 is 27.3 Å². The quantitative estimate of drug-likeness (QED) is 0.581. The Morgan fingerprint density at radius 2 is 1.96 bits per heavy atom. The highest BCUT2D eigenvalue weighted by Gasteiger charge is 2.13. The van der Waals surface area contributed by atoms with Gasteiger partial charge in [0.25, 0.3) is 5.91 Å². The monoisotopic (exact) mass is 416 g/mol. The fraction of sp³-hybridized carbons (Fsp3) is 0.158. The van der Waals surface area contributed by atoms with Crippen molar-refractivity contribution < 1.29 is 9.53 Å². The number of halogens is 1. The predicted octanol–water partition coefficient (Wildman–Crippen LogP) is 4.76. The molecule has 0 fully saturated rings. The van der Waals surface area contributed by atoms with Crippen LogP contribution in [0.3, 0.4) is 0 Å². The van der Waals surface area contributed by atoms with Crippen LogP contribution in [0.2, 0.25) is 0 Å². The molecule has 1 aromatic heterocycles. The number of aromatic nitrogens is 1. The molecule has 0 unspecified atom stereocenters. The van der Waals surface area contributed by atoms with Gasteiger partial charge in [-0.05, 0) is 35.9 Å². The first kappa shape index (κ1) is 17.6. The topological polar surface area (TPSA) is 42.4 Å². The molecule has 0 radical (unpaired) electrons. The molecule has 4 nitrogen and oxygen atoms in total. The van der Waals surface area contributed by atoms with Gasteiger partial charge in [0.15, 0.2) is 0 Å². The van der Waals surface area contributed by atoms with Crippen molar-refractivity contribution in [1.82, 2.24) is 9.88 Å². The van der Waals surface area contributed by atoms with Crippen LogP contribution in [0.15, 0.2) is 63.9 Å². The molecule has 0 saturated heterocycles. The van der Waals surface area contributed by atoms with Crippen LogP contribution < -0.4 is 4.74 Å². The molecule has 0 aliphatic carbocycles. The Labute approximate surface area is 159 Å². The van der Waals surface area contributed by atoms with Crippen LogP contribution in [0.1, 0.15) is 21.6 Å². The first-order valence-corrected chi connectivity index (χ1v) is 9.46. The van der Waals surface area contributed by atoms with Gasteiger partial charge in [0.2, 0.25) is 0 Å². The molecular weight excluding hydrogens is 400 g/mol. The van der Waals surface area contributed by atoms with Gasteiger partial charge in [-0.3, -0.25) is 4.79 Å². The second-order valence-electron chi connectivity index (χ2n) is 5.55. The molecule has 0 saturated carbocycles. The van der Waals surface area contributed by atoms with Crippen molar-refractivity contribution in [2.75, 3.05) is 7.05 Å². The van der Waals surface area contributed by atoms with E-state index < -0.39 is 0 Å². The van der Waals surface area contributed by atoms with Gasteiger partial charge in [-0.15, -0.1) is 11.3 Å². The van der Waals surface area contributed by atoms with Crippen LogP contribution in [0, 0.1) is 0 Å². The van der Waals surface area contributed by atoms with E-state index in [9.17, 15) is 4.79 Å². The zero-order valence-corrected chi connectivity index (χ0v) is 16.1. The predicted molar refractivity (Wildman–Crippen MR) is 103 cm³/mol. The van der Waals surface area contributed by atoms with E-state index in [1.807, 2.05) is 41.8 Å². The molecule has 0 atom stereocenters. The van der Waals surface area contributed by atoms with Crippen LogP contribution in [-0.2, 0) is 13.2 Å². The smallest absolute Gasteiger partial charge is 0.253 e. The summed E-state index contributed by atoms with van der Waals surface area (Å²) in [7, 11) is 1.80. The first-order chi connectivity index (χ1) is 12.1. The van der Waals surface area contributed by atoms with Gasteiger partial charge in [-0.1, -0.05) is 34.1 Å². The van der Waals surface area contributed by atoms with E-state index in [-0.39, 0.29) is 5.91 Å². The number of thiazole rings is 1. The molecule has 0 aliphatic heterocycles. The number of nitrogens with zero attached hydrogens (tertiary/aromatic N) is 2. The Hall–Kier alpha value is -2.18. The van der Waals surface area contributed by atoms with E-state index in [0.717, 1.165) is 21.5 Å². The van der Waals surface area contributed by atoms with Crippen LogP contribution in [0.5, 0.6) is 5.75 Å². The second-order valence-corrected chi connectivity index (χ2v) is 7.12. The lowest BCUT2D eigenvalue weighted by Gasteiger charge is -2.18. The molecular formula is C19H17BrN2O2S. The third-order valence-corrected chi connectivity index (χ3v) is 5.09. The molecule has 0 aliphatic rings. The maximum absolute atomic E-state index is 12.6. The molecule has 128 valence electrons. The van der Waals surface area contributed by atoms with E-state index in [2.05, 4.69) is 20.9 Å². The van der Waals surface area contributed by atoms with E-state index in [4.69, 9.17) is 4.74 Å². The van der Waals surface area contributed by atoms with E-state index in [0.29, 0.717) is 18.7 Å². The van der Waals surface area contributed by atoms with E-state index in [1.54, 1.807) is 40.9 Å². The number of rotatable bonds is 6. The van der Waals surface area contributed by atoms with E-state index >= 15 is 0 Å². The number of carbonyl (C=O) groups excluding carboxylic acids is 1. The molecule has 1 heterocycles. The minimum absolute atomic E-state index is 0.0261. The Kier molecular flexibility index (Phi) is 5.83. The minimum Gasteiger partial charge on any atom is -0.487 e. The van der Waals surface area contributed by atoms with Crippen LogP contribution in [0.25, 0.3) is 0 Å². The van der Waals surface area contributed by atoms with Gasteiger partial charge in [0, 0.05) is 29.0 Å². The van der Waals surface area contributed by atoms with Gasteiger partial charge < -0.3 is 9.64 Å². The van der Waals surface area contributed by atoms with Crippen molar-refractivity contribution in [3.63, 3.8) is 0 Å². The zero-order valence-electron chi connectivity index (χ0n) is 13.7. The summed E-state index contributed by atoms with van der Waals surface area (Å²) in [4.78, 5) is 18.5. The summed E-state index contributed by atoms with van der Waals surface area (Å²) in [5, 5.41) is 1.95. The average molecular weight is 417 g/mol. The van der Waals surface area contributed by atoms with Crippen molar-refractivity contribution in [2.45, 2.75) is 13.2 Å². The maximum Gasteiger partial charge on any atom is 0.253 e. The molecule has 2 aromatic carbocycles. The standard InChI is InChI=1S/C19H17BrN2O2S/c1-22(10-15-4-2-3-5-18(15)20)19(23)14-6-8-17(9-7-14)24-11-16-12-25-13-21-16/h2-9,12-13H,10-11H2,1H3. The van der Waals surface area contributed by atoms with Gasteiger partial charge in [-0.25, -0.2) is 4.98 Å². The third kappa shape index (κ3) is 4.67. The summed E-state index contributed by atoms with van der Waals surface area (Å²) in [6, 6.07) is 15.1. The Bertz CT molecular complexity index is 835. The Balaban J connectivity index is 1.61. The molecule has 0 N–H and O–H groups in total. The highest BCUT2D eigenvalue weighted by molar-refractivity contribution is 9.10. The van der Waals surface area contributed by atoms with Crippen LogP contribution in [-0.4, -0.2) is 22.8 Å². The molecule has 0 bridgehead atoms. The molecule has 1 amide bonds. The summed E-state index contributed by atoms with van der Waals surface area (Å²) in [6.45, 7) is 0.973. The molecule has 25 heavy (non-hydrogen) atoms. The van der Waals surface area contributed by atoms with E-state index in [1.165, 1.54) is 0 Å². The van der Waals surface area contributed by atoms with Crippen molar-refractivity contribution in [3.05, 3.63) is 80.7 Å². The normalized spacial score (nSPS) is 10.5. The summed E-state index contributed by atoms with van der Waals surface area (Å²) in [5.74, 6) is 0.694. The van der Waals surface area contributed by atoms with Gasteiger partial charge >= 0.3 is 0 Å². The largest absolute Gasteiger partial charge is 0.487 e. The second kappa shape index (κ2) is 8.27. The average Bonchev–Trinajstić information content (AvgIpc) is 3.15. The molecule has 3 aromatic rings. The summed E-state index contributed by atoms with van der Waals surface area (Å²) in [6.07, 6.45) is 0. The molecule has 0 spiro atoms. The maximum atomic E-state index is 12.6. The highest BCUT2D eigenvalue weighted by atomic mass is 79.9. The Morgan fingerprint density at radius 1 is 1.20 bits per heavy atom. The molecule has 3 rings (SSSR count). The number of ether oxygens (including phenoxy) is 1. The number of hydrogen-bond donors (Lipinski definition) is 0. The fourth-order valence-corrected chi connectivity index (χ4v) is 3.29. The number of amides is 1. The third-order valence-electron chi connectivity index (χ3n) is 3.68. The first-order valence-electron chi connectivity index (χ1n) is 7.72. The lowest BCUT2D eigenvalue weighted by Crippen LogP contribution is -2.26. The van der Waals surface area contributed by atoms with Gasteiger partial charge in [-0.2, -0.15) is 0 Å².